The van der Waals surface area contributed by atoms with Gasteiger partial charge in [0.1, 0.15) is 17.3 Å². The third-order valence-electron chi connectivity index (χ3n) is 3.46. The molecular weight excluding hydrogens is 404 g/mol. The van der Waals surface area contributed by atoms with Crippen molar-refractivity contribution in [3.05, 3.63) is 28.3 Å². The minimum absolute atomic E-state index is 0.115. The second kappa shape index (κ2) is 9.54. The van der Waals surface area contributed by atoms with E-state index in [9.17, 15) is 28.1 Å². The molecule has 0 aliphatic heterocycles. The van der Waals surface area contributed by atoms with Crippen LogP contribution in [0.2, 0.25) is 0 Å². The van der Waals surface area contributed by atoms with Crippen LogP contribution >= 0.6 is 0 Å². The molecule has 0 aliphatic rings. The molecule has 0 bridgehead atoms. The molecule has 0 heterocycles. The lowest BCUT2D eigenvalue weighted by Gasteiger charge is -2.21. The maximum absolute atomic E-state index is 12.0. The number of alkyl carbamates (subject to hydrolysis) is 1. The summed E-state index contributed by atoms with van der Waals surface area (Å²) in [7, 11) is -3.58. The molecule has 0 fully saturated rings. The summed E-state index contributed by atoms with van der Waals surface area (Å²) in [4.78, 5) is 34.0. The molecule has 1 aromatic rings. The van der Waals surface area contributed by atoms with Crippen LogP contribution < -0.4 is 16.0 Å². The van der Waals surface area contributed by atoms with Crippen LogP contribution in [0.1, 0.15) is 27.7 Å². The Bertz CT molecular complexity index is 878. The van der Waals surface area contributed by atoms with Crippen LogP contribution in [0.5, 0.6) is 0 Å². The van der Waals surface area contributed by atoms with E-state index < -0.39 is 38.4 Å². The molecule has 0 aromatic heterocycles. The average molecular weight is 430 g/mol. The Morgan fingerprint density at radius 1 is 1.24 bits per heavy atom. The fraction of sp³-hybridized carbons (Fsp3) is 0.529. The molecular formula is C17H26N4O7S. The van der Waals surface area contributed by atoms with E-state index in [4.69, 9.17) is 4.74 Å². The number of nitro benzene ring substituents is 1. The molecule has 0 unspecified atom stereocenters. The first kappa shape index (κ1) is 24.1. The third kappa shape index (κ3) is 8.34. The highest BCUT2D eigenvalue weighted by Gasteiger charge is 2.21. The van der Waals surface area contributed by atoms with Gasteiger partial charge >= 0.3 is 6.09 Å². The Balaban J connectivity index is 2.58. The lowest BCUT2D eigenvalue weighted by Crippen LogP contribution is -2.47. The van der Waals surface area contributed by atoms with E-state index in [1.165, 1.54) is 19.1 Å². The van der Waals surface area contributed by atoms with Crippen molar-refractivity contribution in [1.82, 2.24) is 10.6 Å². The van der Waals surface area contributed by atoms with E-state index in [0.717, 1.165) is 12.3 Å². The monoisotopic (exact) mass is 430 g/mol. The number of nitrogens with zero attached hydrogens (tertiary/aromatic N) is 1. The van der Waals surface area contributed by atoms with E-state index in [-0.39, 0.29) is 29.4 Å². The Morgan fingerprint density at radius 3 is 2.38 bits per heavy atom. The number of ether oxygens (including phenoxy) is 1. The van der Waals surface area contributed by atoms with Crippen molar-refractivity contribution < 1.29 is 27.7 Å². The Labute approximate surface area is 169 Å². The zero-order chi connectivity index (χ0) is 22.4. The summed E-state index contributed by atoms with van der Waals surface area (Å²) >= 11 is 0. The van der Waals surface area contributed by atoms with Gasteiger partial charge in [-0.2, -0.15) is 0 Å². The predicted octanol–water partition coefficient (Wildman–Crippen LogP) is 1.44. The molecule has 2 amide bonds. The van der Waals surface area contributed by atoms with Crippen LogP contribution in [0.4, 0.5) is 16.2 Å². The number of rotatable bonds is 8. The molecule has 162 valence electrons. The Hall–Kier alpha value is -2.89. The summed E-state index contributed by atoms with van der Waals surface area (Å²) in [6, 6.07) is 2.69. The molecule has 0 saturated carbocycles. The number of sulfone groups is 1. The maximum Gasteiger partial charge on any atom is 0.408 e. The van der Waals surface area contributed by atoms with E-state index >= 15 is 0 Å². The summed E-state index contributed by atoms with van der Waals surface area (Å²) in [6.45, 7) is 6.84. The van der Waals surface area contributed by atoms with Crippen molar-refractivity contribution in [3.63, 3.8) is 0 Å². The highest BCUT2D eigenvalue weighted by Crippen LogP contribution is 2.27. The second-order valence-electron chi connectivity index (χ2n) is 7.29. The zero-order valence-corrected chi connectivity index (χ0v) is 17.8. The van der Waals surface area contributed by atoms with Crippen LogP contribution in [0.3, 0.4) is 0 Å². The van der Waals surface area contributed by atoms with Gasteiger partial charge in [0.15, 0.2) is 9.84 Å². The van der Waals surface area contributed by atoms with Crippen molar-refractivity contribution in [3.8, 4) is 0 Å². The summed E-state index contributed by atoms with van der Waals surface area (Å²) in [5.41, 5.74) is -0.957. The highest BCUT2D eigenvalue weighted by molar-refractivity contribution is 7.90. The standard InChI is InChI=1S/C17H26N4O7S/c1-11(20-16(23)28-17(2,3)4)15(22)19-9-8-18-13-7-6-12(29(5,26)27)10-14(13)21(24)25/h6-7,10-11,18H,8-9H2,1-5H3,(H,19,22)(H,20,23)/t11-/m1/s1. The van der Waals surface area contributed by atoms with E-state index in [0.29, 0.717) is 0 Å². The fourth-order valence-corrected chi connectivity index (χ4v) is 2.77. The maximum atomic E-state index is 12.0. The fourth-order valence-electron chi connectivity index (χ4n) is 2.13. The second-order valence-corrected chi connectivity index (χ2v) is 9.31. The largest absolute Gasteiger partial charge is 0.444 e. The number of hydrogen-bond acceptors (Lipinski definition) is 8. The summed E-state index contributed by atoms with van der Waals surface area (Å²) in [5.74, 6) is -0.459. The minimum atomic E-state index is -3.58. The Kier molecular flexibility index (Phi) is 7.95. The van der Waals surface area contributed by atoms with Gasteiger partial charge in [0.2, 0.25) is 5.91 Å². The van der Waals surface area contributed by atoms with Gasteiger partial charge < -0.3 is 20.7 Å². The first-order valence-electron chi connectivity index (χ1n) is 8.70. The minimum Gasteiger partial charge on any atom is -0.444 e. The first-order valence-corrected chi connectivity index (χ1v) is 10.6. The van der Waals surface area contributed by atoms with Gasteiger partial charge in [-0.1, -0.05) is 0 Å². The molecule has 0 spiro atoms. The SMILES string of the molecule is C[C@@H](NC(=O)OC(C)(C)C)C(=O)NCCNc1ccc(S(C)(=O)=O)cc1[N+](=O)[O-]. The average Bonchev–Trinajstić information content (AvgIpc) is 2.55. The number of carbonyl (C=O) groups excluding carboxylic acids is 2. The molecule has 29 heavy (non-hydrogen) atoms. The van der Waals surface area contributed by atoms with E-state index in [1.807, 2.05) is 0 Å². The number of nitrogens with one attached hydrogen (secondary N) is 3. The van der Waals surface area contributed by atoms with E-state index in [2.05, 4.69) is 16.0 Å². The molecule has 12 heteroatoms. The van der Waals surface area contributed by atoms with Gasteiger partial charge in [0.05, 0.1) is 9.82 Å². The van der Waals surface area contributed by atoms with Crippen molar-refractivity contribution in [2.24, 2.45) is 0 Å². The number of hydrogen-bond donors (Lipinski definition) is 3. The van der Waals surface area contributed by atoms with Crippen molar-refractivity contribution >= 4 is 33.2 Å². The van der Waals surface area contributed by atoms with Crippen LogP contribution in [0.25, 0.3) is 0 Å². The van der Waals surface area contributed by atoms with Crippen LogP contribution in [0.15, 0.2) is 23.1 Å². The van der Waals surface area contributed by atoms with Crippen molar-refractivity contribution in [2.75, 3.05) is 24.7 Å². The summed E-state index contributed by atoms with van der Waals surface area (Å²) in [6.07, 6.45) is 0.237. The smallest absolute Gasteiger partial charge is 0.408 e. The lowest BCUT2D eigenvalue weighted by atomic mass is 10.2. The molecule has 3 N–H and O–H groups in total. The van der Waals surface area contributed by atoms with Gasteiger partial charge in [-0.15, -0.1) is 0 Å². The lowest BCUT2D eigenvalue weighted by molar-refractivity contribution is -0.384. The van der Waals surface area contributed by atoms with Gasteiger partial charge in [-0.3, -0.25) is 14.9 Å². The van der Waals surface area contributed by atoms with Crippen LogP contribution in [0, 0.1) is 10.1 Å². The quantitative estimate of drug-likeness (QED) is 0.318. The van der Waals surface area contributed by atoms with Crippen LogP contribution in [-0.4, -0.2) is 56.3 Å². The normalized spacial score (nSPS) is 12.6. The van der Waals surface area contributed by atoms with Gasteiger partial charge in [0.25, 0.3) is 5.69 Å². The van der Waals surface area contributed by atoms with Crippen molar-refractivity contribution in [2.45, 2.75) is 44.2 Å². The van der Waals surface area contributed by atoms with Gasteiger partial charge in [-0.25, -0.2) is 13.2 Å². The van der Waals surface area contributed by atoms with E-state index in [1.54, 1.807) is 20.8 Å². The van der Waals surface area contributed by atoms with Gasteiger partial charge in [-0.05, 0) is 39.8 Å². The first-order chi connectivity index (χ1) is 13.2. The number of amides is 2. The summed E-state index contributed by atoms with van der Waals surface area (Å²) < 4.78 is 28.1. The van der Waals surface area contributed by atoms with Crippen LogP contribution in [-0.2, 0) is 19.4 Å². The zero-order valence-electron chi connectivity index (χ0n) is 16.9. The van der Waals surface area contributed by atoms with Crippen molar-refractivity contribution in [1.29, 1.82) is 0 Å². The number of benzene rings is 1. The molecule has 0 radical (unpaired) electrons. The summed E-state index contributed by atoms with van der Waals surface area (Å²) in [5, 5.41) is 18.9. The highest BCUT2D eigenvalue weighted by atomic mass is 32.2. The molecule has 1 rings (SSSR count). The number of anilines is 1. The van der Waals surface area contributed by atoms with Gasteiger partial charge in [0, 0.05) is 25.4 Å². The number of carbonyl (C=O) groups is 2. The molecule has 1 atom stereocenters. The topological polar surface area (TPSA) is 157 Å². The molecule has 1 aromatic carbocycles. The predicted molar refractivity (Wildman–Crippen MR) is 107 cm³/mol. The third-order valence-corrected chi connectivity index (χ3v) is 4.57. The molecule has 0 saturated heterocycles. The molecule has 11 nitrogen and oxygen atoms in total. The number of nitro groups is 1. The Morgan fingerprint density at radius 2 is 1.86 bits per heavy atom. The molecule has 0 aliphatic carbocycles.